The Kier molecular flexibility index (Phi) is 2.90. The molecule has 0 radical (unpaired) electrons. The largest absolute Gasteiger partial charge is 0.368 e. The van der Waals surface area contributed by atoms with E-state index in [2.05, 4.69) is 5.32 Å². The van der Waals surface area contributed by atoms with Gasteiger partial charge in [0.05, 0.1) is 6.61 Å². The smallest absolute Gasteiger partial charge is 0.304 e. The van der Waals surface area contributed by atoms with Crippen LogP contribution in [0.1, 0.15) is 0 Å². The van der Waals surface area contributed by atoms with Crippen molar-refractivity contribution in [2.75, 3.05) is 19.7 Å². The number of nitrogens with one attached hydrogen (secondary N) is 1. The topological polar surface area (TPSA) is 21.3 Å². The summed E-state index contributed by atoms with van der Waals surface area (Å²) in [5.41, 5.74) is 0. The zero-order valence-electron chi connectivity index (χ0n) is 5.74. The molecule has 1 rings (SSSR count). The van der Waals surface area contributed by atoms with Crippen LogP contribution in [0, 0.1) is 0 Å². The first kappa shape index (κ1) is 8.55. The minimum Gasteiger partial charge on any atom is -0.368 e. The Morgan fingerprint density at radius 1 is 1.36 bits per heavy atom. The molecule has 5 heteroatoms. The quantitative estimate of drug-likeness (QED) is 0.630. The third kappa shape index (κ3) is 2.20. The van der Waals surface area contributed by atoms with Gasteiger partial charge in [0, 0.05) is 13.1 Å². The summed E-state index contributed by atoms with van der Waals surface area (Å²) >= 11 is 0. The van der Waals surface area contributed by atoms with Crippen LogP contribution in [0.4, 0.5) is 13.2 Å². The van der Waals surface area contributed by atoms with Crippen molar-refractivity contribution in [2.45, 2.75) is 6.10 Å². The fourth-order valence-corrected chi connectivity index (χ4v) is 0.850. The maximum atomic E-state index is 12.4. The molecule has 0 saturated carbocycles. The van der Waals surface area contributed by atoms with Gasteiger partial charge >= 0.3 is 6.08 Å². The molecule has 1 N–H and O–H groups in total. The summed E-state index contributed by atoms with van der Waals surface area (Å²) in [6.07, 6.45) is -3.40. The van der Waals surface area contributed by atoms with Crippen LogP contribution in [0.5, 0.6) is 0 Å². The molecular weight excluding hydrogens is 159 g/mol. The summed E-state index contributed by atoms with van der Waals surface area (Å²) in [6.45, 7) is 0.965. The van der Waals surface area contributed by atoms with Gasteiger partial charge in [-0.3, -0.25) is 0 Å². The summed E-state index contributed by atoms with van der Waals surface area (Å²) in [6, 6.07) is 0. The van der Waals surface area contributed by atoms with Crippen molar-refractivity contribution < 1.29 is 17.9 Å². The molecule has 0 aromatic rings. The van der Waals surface area contributed by atoms with E-state index in [1.807, 2.05) is 0 Å². The number of rotatable bonds is 1. The van der Waals surface area contributed by atoms with E-state index in [0.29, 0.717) is 6.54 Å². The first-order valence-electron chi connectivity index (χ1n) is 3.25. The van der Waals surface area contributed by atoms with Crippen molar-refractivity contribution in [3.05, 3.63) is 11.9 Å². The van der Waals surface area contributed by atoms with E-state index in [4.69, 9.17) is 4.74 Å². The van der Waals surface area contributed by atoms with Crippen LogP contribution in [0.15, 0.2) is 11.9 Å². The summed E-state index contributed by atoms with van der Waals surface area (Å²) in [5.74, 6) is -1.46. The molecule has 0 aromatic carbocycles. The average molecular weight is 167 g/mol. The van der Waals surface area contributed by atoms with Crippen molar-refractivity contribution in [3.8, 4) is 0 Å². The molecule has 1 aliphatic heterocycles. The van der Waals surface area contributed by atoms with Gasteiger partial charge in [-0.15, -0.1) is 0 Å². The highest BCUT2D eigenvalue weighted by Crippen LogP contribution is 2.16. The van der Waals surface area contributed by atoms with Gasteiger partial charge in [0.15, 0.2) is 5.83 Å². The van der Waals surface area contributed by atoms with Gasteiger partial charge in [0.1, 0.15) is 6.10 Å². The molecule has 1 atom stereocenters. The molecular formula is C6H8F3NO. The maximum absolute atomic E-state index is 12.4. The lowest BCUT2D eigenvalue weighted by atomic mass is 10.3. The summed E-state index contributed by atoms with van der Waals surface area (Å²) < 4.78 is 40.3. The monoisotopic (exact) mass is 167 g/mol. The minimum atomic E-state index is -2.29. The standard InChI is InChI=1S/C6H8F3NO/c7-5(6(8)9)4-3-10-1-2-11-4/h4,10H,1-3H2. The third-order valence-electron chi connectivity index (χ3n) is 1.39. The molecule has 2 nitrogen and oxygen atoms in total. The third-order valence-corrected chi connectivity index (χ3v) is 1.39. The summed E-state index contributed by atoms with van der Waals surface area (Å²) in [7, 11) is 0. The first-order chi connectivity index (χ1) is 5.22. The van der Waals surface area contributed by atoms with E-state index < -0.39 is 18.0 Å². The van der Waals surface area contributed by atoms with Gasteiger partial charge in [0.2, 0.25) is 0 Å². The second-order valence-electron chi connectivity index (χ2n) is 2.17. The maximum Gasteiger partial charge on any atom is 0.304 e. The molecule has 11 heavy (non-hydrogen) atoms. The number of halogens is 3. The van der Waals surface area contributed by atoms with Crippen LogP contribution in [0.3, 0.4) is 0 Å². The Morgan fingerprint density at radius 3 is 2.55 bits per heavy atom. The highest BCUT2D eigenvalue weighted by atomic mass is 19.3. The van der Waals surface area contributed by atoms with Crippen molar-refractivity contribution in [2.24, 2.45) is 0 Å². The van der Waals surface area contributed by atoms with E-state index in [0.717, 1.165) is 0 Å². The van der Waals surface area contributed by atoms with Crippen LogP contribution in [0.2, 0.25) is 0 Å². The minimum absolute atomic E-state index is 0.114. The van der Waals surface area contributed by atoms with Gasteiger partial charge in [-0.05, 0) is 0 Å². The van der Waals surface area contributed by atoms with Crippen LogP contribution >= 0.6 is 0 Å². The Bertz CT molecular complexity index is 161. The number of hydrogen-bond donors (Lipinski definition) is 1. The van der Waals surface area contributed by atoms with Crippen molar-refractivity contribution in [3.63, 3.8) is 0 Å². The lowest BCUT2D eigenvalue weighted by molar-refractivity contribution is 0.0336. The molecule has 0 aliphatic carbocycles. The molecule has 0 bridgehead atoms. The molecule has 0 amide bonds. The van der Waals surface area contributed by atoms with Crippen LogP contribution in [0.25, 0.3) is 0 Å². The fraction of sp³-hybridized carbons (Fsp3) is 0.667. The van der Waals surface area contributed by atoms with Crippen molar-refractivity contribution in [1.29, 1.82) is 0 Å². The van der Waals surface area contributed by atoms with Crippen molar-refractivity contribution >= 4 is 0 Å². The van der Waals surface area contributed by atoms with E-state index in [9.17, 15) is 13.2 Å². The van der Waals surface area contributed by atoms with Crippen LogP contribution in [-0.4, -0.2) is 25.8 Å². The fourth-order valence-electron chi connectivity index (χ4n) is 0.850. The molecule has 0 spiro atoms. The second-order valence-corrected chi connectivity index (χ2v) is 2.17. The predicted molar refractivity (Wildman–Crippen MR) is 33.0 cm³/mol. The normalized spacial score (nSPS) is 24.8. The Labute approximate surface area is 62.0 Å². The molecule has 1 heterocycles. The molecule has 1 unspecified atom stereocenters. The zero-order chi connectivity index (χ0) is 8.27. The summed E-state index contributed by atoms with van der Waals surface area (Å²) in [5, 5.41) is 2.74. The SMILES string of the molecule is FC(F)=C(F)C1CNCCO1. The lowest BCUT2D eigenvalue weighted by Crippen LogP contribution is -2.39. The van der Waals surface area contributed by atoms with Crippen molar-refractivity contribution in [1.82, 2.24) is 5.32 Å². The van der Waals surface area contributed by atoms with Gasteiger partial charge in [-0.1, -0.05) is 0 Å². The predicted octanol–water partition coefficient (Wildman–Crippen LogP) is 1.05. The van der Waals surface area contributed by atoms with Crippen LogP contribution in [-0.2, 0) is 4.74 Å². The van der Waals surface area contributed by atoms with Gasteiger partial charge in [-0.2, -0.15) is 8.78 Å². The number of hydrogen-bond acceptors (Lipinski definition) is 2. The summed E-state index contributed by atoms with van der Waals surface area (Å²) in [4.78, 5) is 0. The Morgan fingerprint density at radius 2 is 2.09 bits per heavy atom. The zero-order valence-corrected chi connectivity index (χ0v) is 5.74. The van der Waals surface area contributed by atoms with E-state index in [-0.39, 0.29) is 13.2 Å². The second kappa shape index (κ2) is 3.73. The molecule has 64 valence electrons. The van der Waals surface area contributed by atoms with Gasteiger partial charge in [-0.25, -0.2) is 4.39 Å². The molecule has 1 aliphatic rings. The average Bonchev–Trinajstić information content (AvgIpc) is 2.05. The molecule has 0 aromatic heterocycles. The van der Waals surface area contributed by atoms with E-state index >= 15 is 0 Å². The highest BCUT2D eigenvalue weighted by Gasteiger charge is 2.22. The lowest BCUT2D eigenvalue weighted by Gasteiger charge is -2.21. The highest BCUT2D eigenvalue weighted by molar-refractivity contribution is 5.01. The number of morpholine rings is 1. The van der Waals surface area contributed by atoms with E-state index in [1.165, 1.54) is 0 Å². The van der Waals surface area contributed by atoms with Gasteiger partial charge < -0.3 is 10.1 Å². The first-order valence-corrected chi connectivity index (χ1v) is 3.25. The number of ether oxygens (including phenoxy) is 1. The Balaban J connectivity index is 2.52. The molecule has 1 saturated heterocycles. The van der Waals surface area contributed by atoms with E-state index in [1.54, 1.807) is 0 Å². The van der Waals surface area contributed by atoms with Gasteiger partial charge in [0.25, 0.3) is 0 Å². The Hall–Kier alpha value is -0.550. The van der Waals surface area contributed by atoms with Crippen LogP contribution < -0.4 is 5.32 Å². The molecule has 1 fully saturated rings.